The highest BCUT2D eigenvalue weighted by atomic mass is 35.5. The molecule has 0 aliphatic carbocycles. The molecule has 0 spiro atoms. The molecule has 230 valence electrons. The van der Waals surface area contributed by atoms with Gasteiger partial charge in [-0.05, 0) is 53.6 Å². The summed E-state index contributed by atoms with van der Waals surface area (Å²) in [6, 6.07) is 12.8. The van der Waals surface area contributed by atoms with Crippen LogP contribution in [-0.2, 0) is 40.3 Å². The third-order valence-corrected chi connectivity index (χ3v) is 8.73. The van der Waals surface area contributed by atoms with E-state index >= 15 is 4.39 Å². The summed E-state index contributed by atoms with van der Waals surface area (Å²) >= 11 is 5.78. The maximum atomic E-state index is 15.2. The minimum atomic E-state index is -4.72. The number of benzene rings is 3. The van der Waals surface area contributed by atoms with Gasteiger partial charge in [0.25, 0.3) is 5.91 Å². The van der Waals surface area contributed by atoms with Crippen LogP contribution in [-0.4, -0.2) is 37.9 Å². The first-order valence-electron chi connectivity index (χ1n) is 12.9. The topological polar surface area (TPSA) is 77.4 Å². The molecule has 0 aliphatic rings. The Labute approximate surface area is 248 Å². The predicted octanol–water partition coefficient (Wildman–Crippen LogP) is 7.01. The molecule has 4 aromatic rings. The van der Waals surface area contributed by atoms with Gasteiger partial charge in [-0.25, -0.2) is 12.8 Å². The number of carbonyl (C=O) groups excluding carboxylic acids is 1. The second-order valence-electron chi connectivity index (χ2n) is 9.52. The fourth-order valence-corrected chi connectivity index (χ4v) is 5.64. The van der Waals surface area contributed by atoms with E-state index in [1.165, 1.54) is 60.0 Å². The number of rotatable bonds is 11. The van der Waals surface area contributed by atoms with Crippen LogP contribution in [0.2, 0.25) is 5.02 Å². The summed E-state index contributed by atoms with van der Waals surface area (Å²) in [7, 11) is -3.40. The molecule has 0 saturated heterocycles. The number of aromatic nitrogens is 1. The van der Waals surface area contributed by atoms with Crippen LogP contribution in [0.3, 0.4) is 0 Å². The van der Waals surface area contributed by atoms with Gasteiger partial charge in [-0.3, -0.25) is 4.79 Å². The average Bonchev–Trinajstić information content (AvgIpc) is 3.27. The standard InChI is InChI=1S/C29H25ClF6N2O4S/c1-2-43(40,41)22-7-3-17(4-8-22)16-37-27(39)23-13-19-12-21(11-18-5-6-20(30)14-24(18)29(34,35)36)38(9-10-42-28(32)33)26(19)15-25(23)31/h3-8,12-15,28H,2,9-11,16H2,1H3,(H,37,39). The zero-order valence-electron chi connectivity index (χ0n) is 22.5. The Morgan fingerprint density at radius 3 is 2.37 bits per heavy atom. The zero-order valence-corrected chi connectivity index (χ0v) is 24.1. The van der Waals surface area contributed by atoms with Crippen LogP contribution < -0.4 is 5.32 Å². The quantitative estimate of drug-likeness (QED) is 0.178. The molecule has 6 nitrogen and oxygen atoms in total. The highest BCUT2D eigenvalue weighted by Gasteiger charge is 2.34. The Morgan fingerprint density at radius 2 is 1.74 bits per heavy atom. The lowest BCUT2D eigenvalue weighted by Crippen LogP contribution is -2.24. The molecule has 0 atom stereocenters. The molecule has 0 bridgehead atoms. The number of carbonyl (C=O) groups is 1. The zero-order chi connectivity index (χ0) is 31.5. The van der Waals surface area contributed by atoms with Gasteiger partial charge in [0.2, 0.25) is 0 Å². The predicted molar refractivity (Wildman–Crippen MR) is 148 cm³/mol. The number of alkyl halides is 5. The summed E-state index contributed by atoms with van der Waals surface area (Å²) in [5.74, 6) is -1.81. The molecule has 0 aliphatic heterocycles. The van der Waals surface area contributed by atoms with Crippen LogP contribution >= 0.6 is 11.6 Å². The van der Waals surface area contributed by atoms with E-state index in [0.717, 1.165) is 12.1 Å². The van der Waals surface area contributed by atoms with Crippen molar-refractivity contribution in [2.24, 2.45) is 0 Å². The molecule has 0 fully saturated rings. The lowest BCUT2D eigenvalue weighted by molar-refractivity contribution is -0.138. The van der Waals surface area contributed by atoms with Gasteiger partial charge in [0.1, 0.15) is 5.82 Å². The lowest BCUT2D eigenvalue weighted by Gasteiger charge is -2.15. The Morgan fingerprint density at radius 1 is 1.05 bits per heavy atom. The van der Waals surface area contributed by atoms with Gasteiger partial charge in [-0.1, -0.05) is 36.7 Å². The van der Waals surface area contributed by atoms with Crippen molar-refractivity contribution < 1.29 is 44.3 Å². The van der Waals surface area contributed by atoms with E-state index in [1.54, 1.807) is 0 Å². The fourth-order valence-electron chi connectivity index (χ4n) is 4.58. The lowest BCUT2D eigenvalue weighted by atomic mass is 10.0. The summed E-state index contributed by atoms with van der Waals surface area (Å²) in [4.78, 5) is 13.0. The highest BCUT2D eigenvalue weighted by Crippen LogP contribution is 2.35. The molecule has 14 heteroatoms. The van der Waals surface area contributed by atoms with Crippen LogP contribution in [0.25, 0.3) is 10.9 Å². The van der Waals surface area contributed by atoms with Gasteiger partial charge in [0, 0.05) is 35.6 Å². The monoisotopic (exact) mass is 646 g/mol. The number of nitrogens with one attached hydrogen (secondary N) is 1. The number of sulfone groups is 1. The van der Waals surface area contributed by atoms with E-state index < -0.39 is 46.5 Å². The van der Waals surface area contributed by atoms with Gasteiger partial charge in [0.05, 0.1) is 33.9 Å². The number of hydrogen-bond acceptors (Lipinski definition) is 4. The van der Waals surface area contributed by atoms with Gasteiger partial charge < -0.3 is 14.6 Å². The van der Waals surface area contributed by atoms with Gasteiger partial charge >= 0.3 is 12.8 Å². The third-order valence-electron chi connectivity index (χ3n) is 6.74. The smallest absolute Gasteiger partial charge is 0.348 e. The Hall–Kier alpha value is -3.55. The Kier molecular flexibility index (Phi) is 9.77. The molecule has 0 saturated carbocycles. The molecular formula is C29H25ClF6N2O4S. The molecule has 1 N–H and O–H groups in total. The molecule has 0 radical (unpaired) electrons. The van der Waals surface area contributed by atoms with Crippen molar-refractivity contribution in [1.29, 1.82) is 0 Å². The van der Waals surface area contributed by atoms with E-state index in [9.17, 15) is 35.2 Å². The molecule has 1 heterocycles. The van der Waals surface area contributed by atoms with Crippen molar-refractivity contribution in [3.05, 3.63) is 99.5 Å². The molecular weight excluding hydrogens is 622 g/mol. The van der Waals surface area contributed by atoms with Crippen LogP contribution in [0, 0.1) is 5.82 Å². The van der Waals surface area contributed by atoms with E-state index in [4.69, 9.17) is 11.6 Å². The first-order chi connectivity index (χ1) is 20.2. The van der Waals surface area contributed by atoms with E-state index in [0.29, 0.717) is 5.56 Å². The van der Waals surface area contributed by atoms with Gasteiger partial charge in [-0.15, -0.1) is 0 Å². The first kappa shape index (κ1) is 32.4. The van der Waals surface area contributed by atoms with Crippen molar-refractivity contribution in [3.63, 3.8) is 0 Å². The van der Waals surface area contributed by atoms with E-state index in [2.05, 4.69) is 10.1 Å². The highest BCUT2D eigenvalue weighted by molar-refractivity contribution is 7.91. The van der Waals surface area contributed by atoms with Gasteiger partial charge in [-0.2, -0.15) is 22.0 Å². The number of fused-ring (bicyclic) bond motifs is 1. The number of ether oxygens (including phenoxy) is 1. The van der Waals surface area contributed by atoms with Crippen LogP contribution in [0.4, 0.5) is 26.3 Å². The molecule has 43 heavy (non-hydrogen) atoms. The number of amides is 1. The minimum absolute atomic E-state index is 0.0449. The van der Waals surface area contributed by atoms with Crippen LogP contribution in [0.15, 0.2) is 65.6 Å². The Bertz CT molecular complexity index is 1740. The summed E-state index contributed by atoms with van der Waals surface area (Å²) < 4.78 is 111. The molecule has 0 unspecified atom stereocenters. The van der Waals surface area contributed by atoms with Crippen LogP contribution in [0.5, 0.6) is 0 Å². The van der Waals surface area contributed by atoms with E-state index in [-0.39, 0.29) is 62.9 Å². The van der Waals surface area contributed by atoms with E-state index in [1.807, 2.05) is 0 Å². The average molecular weight is 647 g/mol. The summed E-state index contributed by atoms with van der Waals surface area (Å²) in [5.41, 5.74) is -0.524. The Balaban J connectivity index is 1.64. The second kappa shape index (κ2) is 13.0. The summed E-state index contributed by atoms with van der Waals surface area (Å²) in [6.07, 6.45) is -5.03. The number of hydrogen-bond donors (Lipinski definition) is 1. The van der Waals surface area contributed by atoms with Crippen molar-refractivity contribution in [2.75, 3.05) is 12.4 Å². The van der Waals surface area contributed by atoms with Crippen molar-refractivity contribution in [1.82, 2.24) is 9.88 Å². The number of nitrogens with zero attached hydrogens (tertiary/aromatic N) is 1. The largest absolute Gasteiger partial charge is 0.416 e. The first-order valence-corrected chi connectivity index (χ1v) is 14.9. The normalized spacial score (nSPS) is 12.3. The number of halogens is 7. The minimum Gasteiger partial charge on any atom is -0.348 e. The maximum absolute atomic E-state index is 15.2. The van der Waals surface area contributed by atoms with Crippen molar-refractivity contribution in [3.8, 4) is 0 Å². The third kappa shape index (κ3) is 7.70. The fraction of sp³-hybridized carbons (Fsp3) is 0.276. The maximum Gasteiger partial charge on any atom is 0.416 e. The van der Waals surface area contributed by atoms with Gasteiger partial charge in [0.15, 0.2) is 9.84 Å². The molecule has 1 aromatic heterocycles. The SMILES string of the molecule is CCS(=O)(=O)c1ccc(CNC(=O)c2cc3cc(Cc4ccc(Cl)cc4C(F)(F)F)n(CCOC(F)F)c3cc2F)cc1. The van der Waals surface area contributed by atoms with Crippen molar-refractivity contribution in [2.45, 2.75) is 44.1 Å². The molecule has 3 aromatic carbocycles. The second-order valence-corrected chi connectivity index (χ2v) is 12.2. The summed E-state index contributed by atoms with van der Waals surface area (Å²) in [6.45, 7) is -2.36. The summed E-state index contributed by atoms with van der Waals surface area (Å²) in [5, 5.41) is 2.72. The van der Waals surface area contributed by atoms with Crippen molar-refractivity contribution >= 4 is 38.2 Å². The molecule has 4 rings (SSSR count). The molecule has 1 amide bonds. The van der Waals surface area contributed by atoms with Crippen LogP contribution in [0.1, 0.15) is 39.7 Å².